The van der Waals surface area contributed by atoms with E-state index in [9.17, 15) is 5.11 Å². The average molecular weight is 316 g/mol. The van der Waals surface area contributed by atoms with Crippen molar-refractivity contribution in [2.45, 2.75) is 26.9 Å². The van der Waals surface area contributed by atoms with Crippen LogP contribution in [0, 0.1) is 0 Å². The fourth-order valence-electron chi connectivity index (χ4n) is 2.03. The van der Waals surface area contributed by atoms with Gasteiger partial charge in [-0.25, -0.2) is 0 Å². The minimum atomic E-state index is -0.517. The van der Waals surface area contributed by atoms with E-state index in [1.54, 1.807) is 6.92 Å². The summed E-state index contributed by atoms with van der Waals surface area (Å²) in [5, 5.41) is 10.3. The zero-order valence-corrected chi connectivity index (χ0v) is 13.9. The molecule has 1 atom stereocenters. The lowest BCUT2D eigenvalue weighted by Crippen LogP contribution is -2.31. The Labute approximate surface area is 132 Å². The van der Waals surface area contributed by atoms with Crippen LogP contribution < -0.4 is 4.90 Å². The highest BCUT2D eigenvalue weighted by molar-refractivity contribution is 6.33. The molecule has 0 unspecified atom stereocenters. The van der Waals surface area contributed by atoms with E-state index in [0.717, 1.165) is 24.3 Å². The topological polar surface area (TPSA) is 41.9 Å². The van der Waals surface area contributed by atoms with Gasteiger partial charge in [0.1, 0.15) is 0 Å². The molecule has 1 rings (SSSR count). The Morgan fingerprint density at radius 1 is 1.14 bits per heavy atom. The number of aliphatic hydroxyl groups is 1. The molecule has 0 spiro atoms. The number of rotatable bonds is 10. The van der Waals surface area contributed by atoms with Crippen LogP contribution in [0.2, 0.25) is 5.02 Å². The third kappa shape index (κ3) is 6.22. The first-order valence-electron chi connectivity index (χ1n) is 7.48. The third-order valence-corrected chi connectivity index (χ3v) is 3.52. The molecule has 0 aromatic heterocycles. The first-order valence-corrected chi connectivity index (χ1v) is 7.85. The van der Waals surface area contributed by atoms with Crippen molar-refractivity contribution in [3.05, 3.63) is 28.8 Å². The molecule has 0 radical (unpaired) electrons. The van der Waals surface area contributed by atoms with Crippen molar-refractivity contribution < 1.29 is 14.6 Å². The van der Waals surface area contributed by atoms with Gasteiger partial charge in [0.05, 0.1) is 30.0 Å². The molecule has 0 bridgehead atoms. The Kier molecular flexibility index (Phi) is 8.69. The van der Waals surface area contributed by atoms with E-state index in [-0.39, 0.29) is 0 Å². The minimum Gasteiger partial charge on any atom is -0.389 e. The van der Waals surface area contributed by atoms with Gasteiger partial charge in [-0.2, -0.15) is 0 Å². The van der Waals surface area contributed by atoms with Gasteiger partial charge >= 0.3 is 0 Å². The molecule has 0 heterocycles. The number of ether oxygens (including phenoxy) is 2. The van der Waals surface area contributed by atoms with Gasteiger partial charge in [-0.15, -0.1) is 0 Å². The molecule has 0 saturated heterocycles. The van der Waals surface area contributed by atoms with Crippen LogP contribution in [0.1, 0.15) is 32.4 Å². The van der Waals surface area contributed by atoms with Gasteiger partial charge in [0.15, 0.2) is 0 Å². The first-order chi connectivity index (χ1) is 10.1. The minimum absolute atomic E-state index is 0.517. The normalized spacial score (nSPS) is 12.4. The van der Waals surface area contributed by atoms with Crippen molar-refractivity contribution >= 4 is 17.3 Å². The number of benzene rings is 1. The summed E-state index contributed by atoms with van der Waals surface area (Å²) in [5.74, 6) is 0. The Balaban J connectivity index is 2.79. The molecule has 0 fully saturated rings. The number of halogens is 1. The standard InChI is InChI=1S/C16H26ClNO3/c1-4-20-10-8-18(9-11-21-5-2)16-7-6-14(13(3)19)12-15(16)17/h6-7,12-13,19H,4-5,8-11H2,1-3H3/t13-/m1/s1. The first kappa shape index (κ1) is 18.2. The van der Waals surface area contributed by atoms with E-state index in [2.05, 4.69) is 4.90 Å². The van der Waals surface area contributed by atoms with Crippen LogP contribution in [-0.4, -0.2) is 44.6 Å². The molecule has 0 aliphatic rings. The second-order valence-electron chi connectivity index (χ2n) is 4.77. The molecule has 120 valence electrons. The number of anilines is 1. The quantitative estimate of drug-likeness (QED) is 0.673. The molecular weight excluding hydrogens is 290 g/mol. The van der Waals surface area contributed by atoms with Crippen LogP contribution >= 0.6 is 11.6 Å². The summed E-state index contributed by atoms with van der Waals surface area (Å²) >= 11 is 6.36. The molecule has 4 nitrogen and oxygen atoms in total. The Morgan fingerprint density at radius 3 is 2.14 bits per heavy atom. The predicted molar refractivity (Wildman–Crippen MR) is 87.3 cm³/mol. The van der Waals surface area contributed by atoms with Gasteiger partial charge in [0.2, 0.25) is 0 Å². The van der Waals surface area contributed by atoms with Crippen LogP contribution in [0.15, 0.2) is 18.2 Å². The van der Waals surface area contributed by atoms with Gasteiger partial charge in [-0.3, -0.25) is 0 Å². The van der Waals surface area contributed by atoms with E-state index in [0.29, 0.717) is 31.5 Å². The zero-order chi connectivity index (χ0) is 15.7. The molecule has 21 heavy (non-hydrogen) atoms. The average Bonchev–Trinajstić information content (AvgIpc) is 2.46. The highest BCUT2D eigenvalue weighted by Crippen LogP contribution is 2.29. The molecule has 0 aliphatic heterocycles. The molecular formula is C16H26ClNO3. The van der Waals surface area contributed by atoms with Crippen LogP contribution in [0.3, 0.4) is 0 Å². The summed E-state index contributed by atoms with van der Waals surface area (Å²) in [6.07, 6.45) is -0.517. The second kappa shape index (κ2) is 10.0. The van der Waals surface area contributed by atoms with Crippen LogP contribution in [-0.2, 0) is 9.47 Å². The number of hydrogen-bond donors (Lipinski definition) is 1. The molecule has 1 aromatic rings. The van der Waals surface area contributed by atoms with Gasteiger partial charge in [0.25, 0.3) is 0 Å². The molecule has 1 aromatic carbocycles. The molecule has 5 heteroatoms. The van der Waals surface area contributed by atoms with Crippen LogP contribution in [0.5, 0.6) is 0 Å². The maximum absolute atomic E-state index is 9.61. The lowest BCUT2D eigenvalue weighted by molar-refractivity contribution is 0.141. The van der Waals surface area contributed by atoms with Crippen LogP contribution in [0.25, 0.3) is 0 Å². The fraction of sp³-hybridized carbons (Fsp3) is 0.625. The maximum atomic E-state index is 9.61. The number of aliphatic hydroxyl groups excluding tert-OH is 1. The lowest BCUT2D eigenvalue weighted by Gasteiger charge is -2.26. The Hall–Kier alpha value is -0.810. The predicted octanol–water partition coefficient (Wildman–Crippen LogP) is 3.27. The summed E-state index contributed by atoms with van der Waals surface area (Å²) in [6, 6.07) is 5.67. The summed E-state index contributed by atoms with van der Waals surface area (Å²) in [6.45, 7) is 9.91. The van der Waals surface area contributed by atoms with E-state index in [1.807, 2.05) is 32.0 Å². The van der Waals surface area contributed by atoms with Crippen molar-refractivity contribution in [2.24, 2.45) is 0 Å². The van der Waals surface area contributed by atoms with E-state index in [1.165, 1.54) is 0 Å². The summed E-state index contributed by atoms with van der Waals surface area (Å²) in [5.41, 5.74) is 1.76. The maximum Gasteiger partial charge on any atom is 0.0762 e. The Morgan fingerprint density at radius 2 is 1.71 bits per heavy atom. The number of hydrogen-bond acceptors (Lipinski definition) is 4. The van der Waals surface area contributed by atoms with Crippen molar-refractivity contribution in [3.8, 4) is 0 Å². The van der Waals surface area contributed by atoms with Crippen molar-refractivity contribution in [3.63, 3.8) is 0 Å². The molecule has 1 N–H and O–H groups in total. The Bertz CT molecular complexity index is 403. The third-order valence-electron chi connectivity index (χ3n) is 3.21. The van der Waals surface area contributed by atoms with Gasteiger partial charge in [0, 0.05) is 26.3 Å². The van der Waals surface area contributed by atoms with Crippen molar-refractivity contribution in [1.29, 1.82) is 0 Å². The largest absolute Gasteiger partial charge is 0.389 e. The van der Waals surface area contributed by atoms with E-state index in [4.69, 9.17) is 21.1 Å². The van der Waals surface area contributed by atoms with Gasteiger partial charge < -0.3 is 19.5 Å². The highest BCUT2D eigenvalue weighted by atomic mass is 35.5. The molecule has 0 saturated carbocycles. The lowest BCUT2D eigenvalue weighted by atomic mass is 10.1. The van der Waals surface area contributed by atoms with Crippen molar-refractivity contribution in [2.75, 3.05) is 44.4 Å². The van der Waals surface area contributed by atoms with Gasteiger partial charge in [-0.05, 0) is 38.5 Å². The van der Waals surface area contributed by atoms with Crippen molar-refractivity contribution in [1.82, 2.24) is 0 Å². The SMILES string of the molecule is CCOCCN(CCOCC)c1ccc([C@@H](C)O)cc1Cl. The monoisotopic (exact) mass is 315 g/mol. The van der Waals surface area contributed by atoms with E-state index < -0.39 is 6.10 Å². The second-order valence-corrected chi connectivity index (χ2v) is 5.17. The zero-order valence-electron chi connectivity index (χ0n) is 13.1. The summed E-state index contributed by atoms with van der Waals surface area (Å²) in [7, 11) is 0. The fourth-order valence-corrected chi connectivity index (χ4v) is 2.34. The molecule has 0 aliphatic carbocycles. The van der Waals surface area contributed by atoms with Crippen LogP contribution in [0.4, 0.5) is 5.69 Å². The summed E-state index contributed by atoms with van der Waals surface area (Å²) in [4.78, 5) is 2.15. The highest BCUT2D eigenvalue weighted by Gasteiger charge is 2.12. The smallest absolute Gasteiger partial charge is 0.0762 e. The van der Waals surface area contributed by atoms with Gasteiger partial charge in [-0.1, -0.05) is 17.7 Å². The number of nitrogens with zero attached hydrogens (tertiary/aromatic N) is 1. The molecule has 0 amide bonds. The van der Waals surface area contributed by atoms with E-state index >= 15 is 0 Å². The summed E-state index contributed by atoms with van der Waals surface area (Å²) < 4.78 is 10.9.